The first-order valence-corrected chi connectivity index (χ1v) is 6.40. The second kappa shape index (κ2) is 5.63. The van der Waals surface area contributed by atoms with Crippen LogP contribution in [-0.4, -0.2) is 24.5 Å². The van der Waals surface area contributed by atoms with Gasteiger partial charge in [-0.15, -0.1) is 0 Å². The van der Waals surface area contributed by atoms with E-state index in [1.807, 2.05) is 0 Å². The predicted octanol–water partition coefficient (Wildman–Crippen LogP) is 3.30. The van der Waals surface area contributed by atoms with Crippen molar-refractivity contribution in [3.63, 3.8) is 0 Å². The lowest BCUT2D eigenvalue weighted by atomic mass is 10.3. The summed E-state index contributed by atoms with van der Waals surface area (Å²) in [6.45, 7) is 0. The quantitative estimate of drug-likeness (QED) is 0.739. The highest BCUT2D eigenvalue weighted by atomic mass is 35.5. The first-order chi connectivity index (χ1) is 10.1. The van der Waals surface area contributed by atoms with Crippen LogP contribution in [0.5, 0.6) is 11.8 Å². The van der Waals surface area contributed by atoms with Crippen molar-refractivity contribution >= 4 is 23.2 Å². The Morgan fingerprint density at radius 3 is 2.71 bits per heavy atom. The van der Waals surface area contributed by atoms with Gasteiger partial charge in [-0.2, -0.15) is 15.0 Å². The standard InChI is InChI=1S/C12H6Cl2FN5O/c13-8-5-7(15)1-2-9(8)21-12-18-10(14)17-11(19-12)20-4-3-16-6-20/h1-6H. The van der Waals surface area contributed by atoms with Gasteiger partial charge in [0.15, 0.2) is 0 Å². The van der Waals surface area contributed by atoms with Crippen molar-refractivity contribution in [3.05, 3.63) is 53.0 Å². The number of halogens is 3. The Labute approximate surface area is 128 Å². The molecule has 0 spiro atoms. The monoisotopic (exact) mass is 325 g/mol. The van der Waals surface area contributed by atoms with Gasteiger partial charge in [0.05, 0.1) is 5.02 Å². The van der Waals surface area contributed by atoms with Crippen molar-refractivity contribution < 1.29 is 9.13 Å². The van der Waals surface area contributed by atoms with E-state index < -0.39 is 5.82 Å². The molecule has 0 saturated carbocycles. The minimum atomic E-state index is -0.472. The Bertz CT molecular complexity index is 781. The molecular weight excluding hydrogens is 320 g/mol. The van der Waals surface area contributed by atoms with Crippen molar-refractivity contribution in [2.24, 2.45) is 0 Å². The van der Waals surface area contributed by atoms with E-state index >= 15 is 0 Å². The highest BCUT2D eigenvalue weighted by Gasteiger charge is 2.11. The third-order valence-electron chi connectivity index (χ3n) is 2.41. The lowest BCUT2D eigenvalue weighted by molar-refractivity contribution is 0.437. The number of rotatable bonds is 3. The molecule has 0 bridgehead atoms. The number of nitrogens with zero attached hydrogens (tertiary/aromatic N) is 5. The average Bonchev–Trinajstić information content (AvgIpc) is 2.95. The highest BCUT2D eigenvalue weighted by molar-refractivity contribution is 6.32. The second-order valence-electron chi connectivity index (χ2n) is 3.83. The molecule has 0 N–H and O–H groups in total. The summed E-state index contributed by atoms with van der Waals surface area (Å²) in [6, 6.07) is 3.64. The molecule has 0 radical (unpaired) electrons. The molecule has 9 heteroatoms. The van der Waals surface area contributed by atoms with Crippen LogP contribution >= 0.6 is 23.2 Å². The minimum absolute atomic E-state index is 0.0538. The Kier molecular flexibility index (Phi) is 3.68. The normalized spacial score (nSPS) is 10.6. The number of hydrogen-bond donors (Lipinski definition) is 0. The third kappa shape index (κ3) is 3.09. The van der Waals surface area contributed by atoms with Gasteiger partial charge >= 0.3 is 6.01 Å². The van der Waals surface area contributed by atoms with Crippen LogP contribution in [0.25, 0.3) is 5.95 Å². The molecule has 2 heterocycles. The number of ether oxygens (including phenoxy) is 1. The zero-order valence-corrected chi connectivity index (χ0v) is 11.8. The van der Waals surface area contributed by atoms with Crippen molar-refractivity contribution in [2.75, 3.05) is 0 Å². The van der Waals surface area contributed by atoms with Crippen LogP contribution in [0.2, 0.25) is 10.3 Å². The number of benzene rings is 1. The maximum absolute atomic E-state index is 13.0. The van der Waals surface area contributed by atoms with Crippen LogP contribution < -0.4 is 4.74 Å². The second-order valence-corrected chi connectivity index (χ2v) is 4.58. The molecule has 0 aliphatic carbocycles. The fraction of sp³-hybridized carbons (Fsp3) is 0. The summed E-state index contributed by atoms with van der Waals surface area (Å²) in [7, 11) is 0. The molecule has 0 atom stereocenters. The molecule has 0 amide bonds. The van der Waals surface area contributed by atoms with E-state index in [0.29, 0.717) is 0 Å². The van der Waals surface area contributed by atoms with Crippen LogP contribution in [0, 0.1) is 5.82 Å². The fourth-order valence-corrected chi connectivity index (χ4v) is 1.87. The lowest BCUT2D eigenvalue weighted by Crippen LogP contribution is -2.03. The van der Waals surface area contributed by atoms with Gasteiger partial charge < -0.3 is 4.74 Å². The van der Waals surface area contributed by atoms with Gasteiger partial charge in [0.2, 0.25) is 11.2 Å². The van der Waals surface area contributed by atoms with Gasteiger partial charge in [-0.3, -0.25) is 4.57 Å². The van der Waals surface area contributed by atoms with Crippen LogP contribution in [-0.2, 0) is 0 Å². The maximum atomic E-state index is 13.0. The highest BCUT2D eigenvalue weighted by Crippen LogP contribution is 2.28. The Morgan fingerprint density at radius 2 is 2.00 bits per heavy atom. The molecule has 0 fully saturated rings. The summed E-state index contributed by atoms with van der Waals surface area (Å²) in [5, 5.41) is 0.0395. The fourth-order valence-electron chi connectivity index (χ4n) is 1.52. The Hall–Kier alpha value is -2.25. The zero-order valence-electron chi connectivity index (χ0n) is 10.2. The van der Waals surface area contributed by atoms with E-state index in [1.54, 1.807) is 12.4 Å². The van der Waals surface area contributed by atoms with Crippen LogP contribution in [0.4, 0.5) is 4.39 Å². The van der Waals surface area contributed by atoms with E-state index in [9.17, 15) is 4.39 Å². The smallest absolute Gasteiger partial charge is 0.328 e. The molecule has 3 rings (SSSR count). The average molecular weight is 326 g/mol. The van der Waals surface area contributed by atoms with Crippen molar-refractivity contribution in [2.45, 2.75) is 0 Å². The van der Waals surface area contributed by atoms with Gasteiger partial charge in [-0.25, -0.2) is 9.37 Å². The largest absolute Gasteiger partial charge is 0.423 e. The third-order valence-corrected chi connectivity index (χ3v) is 2.87. The van der Waals surface area contributed by atoms with Gasteiger partial charge in [-0.1, -0.05) is 11.6 Å². The van der Waals surface area contributed by atoms with Crippen LogP contribution in [0.1, 0.15) is 0 Å². The van der Waals surface area contributed by atoms with Crippen molar-refractivity contribution in [1.82, 2.24) is 24.5 Å². The first kappa shape index (κ1) is 13.7. The summed E-state index contributed by atoms with van der Waals surface area (Å²) in [4.78, 5) is 15.7. The molecule has 1 aromatic carbocycles. The molecule has 21 heavy (non-hydrogen) atoms. The van der Waals surface area contributed by atoms with Crippen LogP contribution in [0.3, 0.4) is 0 Å². The van der Waals surface area contributed by atoms with E-state index in [0.717, 1.165) is 6.07 Å². The van der Waals surface area contributed by atoms with Gasteiger partial charge in [0.1, 0.15) is 17.9 Å². The molecule has 0 aliphatic heterocycles. The number of hydrogen-bond acceptors (Lipinski definition) is 5. The summed E-state index contributed by atoms with van der Waals surface area (Å²) < 4.78 is 19.9. The summed E-state index contributed by atoms with van der Waals surface area (Å²) in [6.07, 6.45) is 4.70. The first-order valence-electron chi connectivity index (χ1n) is 5.64. The minimum Gasteiger partial charge on any atom is -0.423 e. The van der Waals surface area contributed by atoms with E-state index in [2.05, 4.69) is 19.9 Å². The molecule has 6 nitrogen and oxygen atoms in total. The SMILES string of the molecule is Fc1ccc(Oc2nc(Cl)nc(-n3ccnc3)n2)c(Cl)c1. The predicted molar refractivity (Wildman–Crippen MR) is 73.4 cm³/mol. The van der Waals surface area contributed by atoms with Gasteiger partial charge in [0.25, 0.3) is 0 Å². The summed E-state index contributed by atoms with van der Waals surface area (Å²) >= 11 is 11.7. The van der Waals surface area contributed by atoms with Crippen molar-refractivity contribution in [3.8, 4) is 17.7 Å². The topological polar surface area (TPSA) is 65.7 Å². The summed E-state index contributed by atoms with van der Waals surface area (Å²) in [5.74, 6) is -0.0298. The number of aromatic nitrogens is 5. The van der Waals surface area contributed by atoms with Crippen LogP contribution in [0.15, 0.2) is 36.9 Å². The Morgan fingerprint density at radius 1 is 1.14 bits per heavy atom. The molecule has 3 aromatic rings. The molecular formula is C12H6Cl2FN5O. The van der Waals surface area contributed by atoms with Crippen molar-refractivity contribution in [1.29, 1.82) is 0 Å². The molecule has 2 aromatic heterocycles. The molecule has 0 aliphatic rings. The maximum Gasteiger partial charge on any atom is 0.328 e. The summed E-state index contributed by atoms with van der Waals surface area (Å²) in [5.41, 5.74) is 0. The molecule has 0 saturated heterocycles. The van der Waals surface area contributed by atoms with Gasteiger partial charge in [-0.05, 0) is 29.8 Å². The Balaban J connectivity index is 1.95. The van der Waals surface area contributed by atoms with E-state index in [1.165, 1.54) is 23.0 Å². The lowest BCUT2D eigenvalue weighted by Gasteiger charge is -2.07. The van der Waals surface area contributed by atoms with E-state index in [-0.39, 0.29) is 28.0 Å². The van der Waals surface area contributed by atoms with Gasteiger partial charge in [0, 0.05) is 12.4 Å². The zero-order chi connectivity index (χ0) is 14.8. The number of imidazole rings is 1. The van der Waals surface area contributed by atoms with E-state index in [4.69, 9.17) is 27.9 Å². The molecule has 106 valence electrons. The molecule has 0 unspecified atom stereocenters.